The molecule has 0 heterocycles. The van der Waals surface area contributed by atoms with Crippen molar-refractivity contribution in [2.45, 2.75) is 6.92 Å². The molecule has 0 N–H and O–H groups in total. The van der Waals surface area contributed by atoms with E-state index in [9.17, 15) is 18.0 Å². The van der Waals surface area contributed by atoms with E-state index in [-0.39, 0.29) is 6.61 Å². The first-order valence-corrected chi connectivity index (χ1v) is 4.37. The molecule has 1 aromatic rings. The second-order valence-electron chi connectivity index (χ2n) is 2.57. The predicted octanol–water partition coefficient (Wildman–Crippen LogP) is 2.93. The number of rotatable bonds is 2. The maximum Gasteiger partial charge on any atom is 0.341 e. The first-order chi connectivity index (χ1) is 6.99. The van der Waals surface area contributed by atoms with Crippen LogP contribution in [-0.2, 0) is 4.74 Å². The number of benzene rings is 1. The molecule has 15 heavy (non-hydrogen) atoms. The summed E-state index contributed by atoms with van der Waals surface area (Å²) in [4.78, 5) is 11.0. The van der Waals surface area contributed by atoms with E-state index in [4.69, 9.17) is 11.6 Å². The fourth-order valence-electron chi connectivity index (χ4n) is 0.930. The van der Waals surface area contributed by atoms with Crippen molar-refractivity contribution in [1.29, 1.82) is 0 Å². The zero-order valence-electron chi connectivity index (χ0n) is 7.61. The van der Waals surface area contributed by atoms with Gasteiger partial charge in [-0.1, -0.05) is 11.6 Å². The summed E-state index contributed by atoms with van der Waals surface area (Å²) in [5, 5.41) is -0.986. The van der Waals surface area contributed by atoms with Crippen LogP contribution in [0.1, 0.15) is 17.3 Å². The Labute approximate surface area is 88.6 Å². The van der Waals surface area contributed by atoms with Crippen LogP contribution in [0.4, 0.5) is 13.2 Å². The molecule has 0 amide bonds. The van der Waals surface area contributed by atoms with Gasteiger partial charge in [-0.2, -0.15) is 0 Å². The Morgan fingerprint density at radius 3 is 2.53 bits per heavy atom. The van der Waals surface area contributed by atoms with Crippen molar-refractivity contribution in [3.8, 4) is 0 Å². The van der Waals surface area contributed by atoms with Crippen molar-refractivity contribution in [3.63, 3.8) is 0 Å². The van der Waals surface area contributed by atoms with Crippen LogP contribution in [0.2, 0.25) is 5.02 Å². The first-order valence-electron chi connectivity index (χ1n) is 3.99. The molecule has 0 aromatic heterocycles. The van der Waals surface area contributed by atoms with E-state index >= 15 is 0 Å². The molecule has 0 saturated heterocycles. The van der Waals surface area contributed by atoms with E-state index in [1.54, 1.807) is 0 Å². The van der Waals surface area contributed by atoms with Gasteiger partial charge in [0.25, 0.3) is 0 Å². The van der Waals surface area contributed by atoms with Crippen molar-refractivity contribution >= 4 is 17.6 Å². The highest BCUT2D eigenvalue weighted by Crippen LogP contribution is 2.24. The monoisotopic (exact) mass is 238 g/mol. The predicted molar refractivity (Wildman–Crippen MR) is 47.3 cm³/mol. The second kappa shape index (κ2) is 4.53. The Morgan fingerprint density at radius 2 is 2.00 bits per heavy atom. The lowest BCUT2D eigenvalue weighted by atomic mass is 10.2. The number of hydrogen-bond acceptors (Lipinski definition) is 2. The Balaban J connectivity index is 3.26. The molecule has 0 saturated carbocycles. The highest BCUT2D eigenvalue weighted by Gasteiger charge is 2.22. The molecule has 6 heteroatoms. The molecular formula is C9H6ClF3O2. The van der Waals surface area contributed by atoms with Crippen molar-refractivity contribution in [1.82, 2.24) is 0 Å². The van der Waals surface area contributed by atoms with Crippen LogP contribution in [0, 0.1) is 17.5 Å². The highest BCUT2D eigenvalue weighted by molar-refractivity contribution is 6.31. The van der Waals surface area contributed by atoms with Gasteiger partial charge in [-0.05, 0) is 13.0 Å². The maximum atomic E-state index is 13.1. The molecule has 0 unspecified atom stereocenters. The summed E-state index contributed by atoms with van der Waals surface area (Å²) in [7, 11) is 0. The van der Waals surface area contributed by atoms with Gasteiger partial charge in [0.1, 0.15) is 16.4 Å². The van der Waals surface area contributed by atoms with E-state index in [0.29, 0.717) is 6.07 Å². The molecule has 0 atom stereocenters. The number of carbonyl (C=O) groups is 1. The van der Waals surface area contributed by atoms with Crippen molar-refractivity contribution in [3.05, 3.63) is 34.1 Å². The van der Waals surface area contributed by atoms with Crippen molar-refractivity contribution < 1.29 is 22.7 Å². The van der Waals surface area contributed by atoms with Gasteiger partial charge in [0, 0.05) is 0 Å². The number of hydrogen-bond donors (Lipinski definition) is 0. The molecule has 0 aliphatic heterocycles. The SMILES string of the molecule is CCOC(=O)c1cc(F)c(Cl)c(F)c1F. The van der Waals surface area contributed by atoms with Crippen LogP contribution in [-0.4, -0.2) is 12.6 Å². The molecular weight excluding hydrogens is 233 g/mol. The molecule has 0 radical (unpaired) electrons. The van der Waals surface area contributed by atoms with E-state index in [1.807, 2.05) is 0 Å². The van der Waals surface area contributed by atoms with E-state index in [2.05, 4.69) is 4.74 Å². The summed E-state index contributed by atoms with van der Waals surface area (Å²) in [5.74, 6) is -5.46. The number of ether oxygens (including phenoxy) is 1. The van der Waals surface area contributed by atoms with E-state index in [1.165, 1.54) is 6.92 Å². The maximum absolute atomic E-state index is 13.1. The van der Waals surface area contributed by atoms with Crippen molar-refractivity contribution in [2.24, 2.45) is 0 Å². The van der Waals surface area contributed by atoms with E-state index in [0.717, 1.165) is 0 Å². The zero-order chi connectivity index (χ0) is 11.6. The third-order valence-corrected chi connectivity index (χ3v) is 1.94. The average Bonchev–Trinajstić information content (AvgIpc) is 2.20. The summed E-state index contributed by atoms with van der Waals surface area (Å²) >= 11 is 5.09. The Bertz CT molecular complexity index is 407. The summed E-state index contributed by atoms with van der Waals surface area (Å²) in [6, 6.07) is 0.499. The second-order valence-corrected chi connectivity index (χ2v) is 2.95. The van der Waals surface area contributed by atoms with E-state index < -0.39 is 34.0 Å². The van der Waals surface area contributed by atoms with Crippen LogP contribution in [0.3, 0.4) is 0 Å². The number of halogens is 4. The smallest absolute Gasteiger partial charge is 0.341 e. The van der Waals surface area contributed by atoms with Crippen LogP contribution in [0.5, 0.6) is 0 Å². The molecule has 0 aliphatic carbocycles. The molecule has 0 aliphatic rings. The van der Waals surface area contributed by atoms with Gasteiger partial charge in [0.2, 0.25) is 0 Å². The van der Waals surface area contributed by atoms with Gasteiger partial charge in [0.05, 0.1) is 6.61 Å². The van der Waals surface area contributed by atoms with Gasteiger partial charge in [0.15, 0.2) is 11.6 Å². The van der Waals surface area contributed by atoms with Crippen LogP contribution in [0.15, 0.2) is 6.07 Å². The minimum absolute atomic E-state index is 0.0237. The van der Waals surface area contributed by atoms with Gasteiger partial charge < -0.3 is 4.74 Å². The first kappa shape index (κ1) is 11.8. The third kappa shape index (κ3) is 2.23. The fraction of sp³-hybridized carbons (Fsp3) is 0.222. The molecule has 0 fully saturated rings. The minimum Gasteiger partial charge on any atom is -0.462 e. The normalized spacial score (nSPS) is 10.2. The number of esters is 1. The molecule has 1 aromatic carbocycles. The molecule has 0 spiro atoms. The molecule has 82 valence electrons. The fourth-order valence-corrected chi connectivity index (χ4v) is 1.07. The van der Waals surface area contributed by atoms with Crippen LogP contribution in [0.25, 0.3) is 0 Å². The Morgan fingerprint density at radius 1 is 1.40 bits per heavy atom. The van der Waals surface area contributed by atoms with Crippen molar-refractivity contribution in [2.75, 3.05) is 6.61 Å². The highest BCUT2D eigenvalue weighted by atomic mass is 35.5. The molecule has 2 nitrogen and oxygen atoms in total. The molecule has 1 rings (SSSR count). The van der Waals surface area contributed by atoms with Crippen LogP contribution < -0.4 is 0 Å². The molecule has 0 bridgehead atoms. The summed E-state index contributed by atoms with van der Waals surface area (Å²) in [5.41, 5.74) is -0.809. The summed E-state index contributed by atoms with van der Waals surface area (Å²) in [6.45, 7) is 1.46. The lowest BCUT2D eigenvalue weighted by Crippen LogP contribution is -2.09. The largest absolute Gasteiger partial charge is 0.462 e. The standard InChI is InChI=1S/C9H6ClF3O2/c1-2-15-9(14)4-3-5(11)6(10)8(13)7(4)12/h3H,2H2,1H3. The lowest BCUT2D eigenvalue weighted by Gasteiger charge is -2.05. The Hall–Kier alpha value is -1.23. The van der Waals surface area contributed by atoms with Gasteiger partial charge >= 0.3 is 5.97 Å². The quantitative estimate of drug-likeness (QED) is 0.450. The topological polar surface area (TPSA) is 26.3 Å². The van der Waals surface area contributed by atoms with Crippen LogP contribution >= 0.6 is 11.6 Å². The van der Waals surface area contributed by atoms with Gasteiger partial charge in [-0.15, -0.1) is 0 Å². The third-order valence-electron chi connectivity index (χ3n) is 1.60. The minimum atomic E-state index is -1.60. The average molecular weight is 239 g/mol. The lowest BCUT2D eigenvalue weighted by molar-refractivity contribution is 0.0519. The summed E-state index contributed by atoms with van der Waals surface area (Å²) < 4.78 is 43.3. The van der Waals surface area contributed by atoms with Gasteiger partial charge in [-0.3, -0.25) is 0 Å². The Kier molecular flexibility index (Phi) is 3.57. The zero-order valence-corrected chi connectivity index (χ0v) is 8.37. The summed E-state index contributed by atoms with van der Waals surface area (Å²) in [6.07, 6.45) is 0. The van der Waals surface area contributed by atoms with Gasteiger partial charge in [-0.25, -0.2) is 18.0 Å². The number of carbonyl (C=O) groups excluding carboxylic acids is 1.